The molecule has 0 saturated heterocycles. The van der Waals surface area contributed by atoms with Crippen molar-refractivity contribution < 1.29 is 12.6 Å². The van der Waals surface area contributed by atoms with E-state index < -0.39 is 27.0 Å². The Labute approximate surface area is 289 Å². The first-order chi connectivity index (χ1) is 25.1. The van der Waals surface area contributed by atoms with Gasteiger partial charge in [0.25, 0.3) is 0 Å². The average Bonchev–Trinajstić information content (AvgIpc) is 3.50. The maximum atomic E-state index is 8.47. The second-order valence-electron chi connectivity index (χ2n) is 13.9. The normalized spacial score (nSPS) is 15.7. The van der Waals surface area contributed by atoms with Crippen molar-refractivity contribution in [3.63, 3.8) is 0 Å². The van der Waals surface area contributed by atoms with Crippen LogP contribution in [0.3, 0.4) is 0 Å². The molecule has 2 nitrogen and oxygen atoms in total. The third kappa shape index (κ3) is 5.53. The van der Waals surface area contributed by atoms with Crippen LogP contribution in [0.15, 0.2) is 114 Å². The predicted octanol–water partition coefficient (Wildman–Crippen LogP) is 11.0. The molecular formula is C44H41GeNO. The van der Waals surface area contributed by atoms with Crippen LogP contribution in [0.25, 0.3) is 55.4 Å². The van der Waals surface area contributed by atoms with Gasteiger partial charge in [0.05, 0.1) is 0 Å². The van der Waals surface area contributed by atoms with Crippen LogP contribution in [-0.2, 0) is 25.7 Å². The molecular weight excluding hydrogens is 631 g/mol. The number of aryl methyl sites for hydroxylation is 6. The number of pyridine rings is 1. The zero-order chi connectivity index (χ0) is 37.3. The third-order valence-corrected chi connectivity index (χ3v) is 14.0. The Morgan fingerprint density at radius 2 is 1.23 bits per heavy atom. The number of para-hydroxylation sites is 2. The molecule has 2 heterocycles. The fourth-order valence-electron chi connectivity index (χ4n) is 6.99. The monoisotopic (exact) mass is 679 g/mol. The van der Waals surface area contributed by atoms with Gasteiger partial charge in [0.1, 0.15) is 0 Å². The van der Waals surface area contributed by atoms with Gasteiger partial charge in [-0.2, -0.15) is 0 Å². The van der Waals surface area contributed by atoms with Gasteiger partial charge in [-0.1, -0.05) is 54.6 Å². The number of hydrogen-bond donors (Lipinski definition) is 0. The summed E-state index contributed by atoms with van der Waals surface area (Å²) >= 11 is -2.42. The van der Waals surface area contributed by atoms with Gasteiger partial charge in [0, 0.05) is 0 Å². The molecule has 3 heteroatoms. The summed E-state index contributed by atoms with van der Waals surface area (Å²) in [4.78, 5) is 4.70. The van der Waals surface area contributed by atoms with Crippen molar-refractivity contribution in [2.75, 3.05) is 0 Å². The Kier molecular flexibility index (Phi) is 5.93. The molecule has 4 aliphatic carbocycles. The molecule has 0 saturated carbocycles. The number of hydrogen-bond acceptors (Lipinski definition) is 2. The summed E-state index contributed by atoms with van der Waals surface area (Å²) in [6.45, 7) is -4.96. The summed E-state index contributed by atoms with van der Waals surface area (Å²) in [6, 6.07) is 35.4. The Bertz CT molecular complexity index is 2520. The Balaban J connectivity index is 1.30. The molecule has 11 rings (SSSR count). The zero-order valence-electron chi connectivity index (χ0n) is 33.1. The molecule has 5 aromatic carbocycles. The summed E-state index contributed by atoms with van der Waals surface area (Å²) in [6.07, 6.45) is 5.14. The third-order valence-electron chi connectivity index (χ3n) is 9.75. The first-order valence-corrected chi connectivity index (χ1v) is 23.8. The Morgan fingerprint density at radius 1 is 0.574 bits per heavy atom. The van der Waals surface area contributed by atoms with E-state index >= 15 is 0 Å². The second kappa shape index (κ2) is 11.7. The van der Waals surface area contributed by atoms with Crippen LogP contribution < -0.4 is 4.40 Å². The van der Waals surface area contributed by atoms with Gasteiger partial charge < -0.3 is 0 Å². The van der Waals surface area contributed by atoms with Gasteiger partial charge in [0.15, 0.2) is 0 Å². The topological polar surface area (TPSA) is 26.0 Å². The molecule has 2 aromatic heterocycles. The van der Waals surface area contributed by atoms with Crippen LogP contribution in [0.1, 0.15) is 41.6 Å². The standard InChI is InChI=1S/C44H41GeNO/c1-28-24-34(45(3,4)5)22-23-35(28)40-26-42(46-27-29(40)2)39-11-7-9-37-36-8-6-10-38(43(36)47-44(37)39)41-25-32-17-16-30-12-14-31(15-13-30)18-20-33(41)21-19-32/h6-15,19,21-27H,16-18,20H2,1-5H3/i1D3,2D3. The molecule has 4 bridgehead atoms. The van der Waals surface area contributed by atoms with Gasteiger partial charge in [-0.3, -0.25) is 0 Å². The second-order valence-corrected chi connectivity index (χ2v) is 24.6. The summed E-state index contributed by atoms with van der Waals surface area (Å²) in [7, 11) is 0. The van der Waals surface area contributed by atoms with Crippen LogP contribution in [0.2, 0.25) is 17.3 Å². The van der Waals surface area contributed by atoms with Crippen molar-refractivity contribution >= 4 is 39.6 Å². The SMILES string of the molecule is [2H]C([2H])([2H])c1cnc(-c2cccc3c2oc2c(-c4cc5ccc4CCc4ccc(cc4)CC5)cccc23)cc1-c1cc[c]([Ge]([CH3])([CH3])[CH3])cc1C([2H])([2H])[2H]. The number of nitrogens with zero attached hydrogens (tertiary/aromatic N) is 1. The van der Waals surface area contributed by atoms with Crippen molar-refractivity contribution in [3.05, 3.63) is 143 Å². The summed E-state index contributed by atoms with van der Waals surface area (Å²) in [5, 5.41) is 1.91. The summed E-state index contributed by atoms with van der Waals surface area (Å²) in [5.74, 6) is 6.64. The van der Waals surface area contributed by atoms with E-state index in [1.165, 1.54) is 34.0 Å². The van der Waals surface area contributed by atoms with Gasteiger partial charge in [-0.25, -0.2) is 0 Å². The minimum atomic E-state index is -2.51. The number of benzene rings is 5. The predicted molar refractivity (Wildman–Crippen MR) is 202 cm³/mol. The zero-order valence-corrected chi connectivity index (χ0v) is 29.2. The van der Waals surface area contributed by atoms with E-state index in [-0.39, 0.29) is 11.1 Å². The van der Waals surface area contributed by atoms with Crippen molar-refractivity contribution in [2.45, 2.75) is 56.7 Å². The fourth-order valence-corrected chi connectivity index (χ4v) is 9.43. The molecule has 0 atom stereocenters. The van der Waals surface area contributed by atoms with Crippen molar-refractivity contribution in [3.8, 4) is 33.5 Å². The first-order valence-electron chi connectivity index (χ1n) is 19.5. The minimum absolute atomic E-state index is 0.0127. The molecule has 0 aliphatic heterocycles. The molecule has 0 fully saturated rings. The number of rotatable bonds is 4. The quantitative estimate of drug-likeness (QED) is 0.173. The van der Waals surface area contributed by atoms with Crippen LogP contribution in [0, 0.1) is 13.7 Å². The van der Waals surface area contributed by atoms with Crippen LogP contribution in [-0.4, -0.2) is 18.3 Å². The van der Waals surface area contributed by atoms with E-state index in [1.807, 2.05) is 24.3 Å². The van der Waals surface area contributed by atoms with Crippen molar-refractivity contribution in [1.82, 2.24) is 4.98 Å². The first kappa shape index (κ1) is 23.8. The molecule has 0 amide bonds. The summed E-state index contributed by atoms with van der Waals surface area (Å²) in [5.41, 5.74) is 11.0. The van der Waals surface area contributed by atoms with Crippen molar-refractivity contribution in [1.29, 1.82) is 0 Å². The Hall–Kier alpha value is -4.41. The molecule has 0 spiro atoms. The molecule has 4 aliphatic rings. The fraction of sp³-hybridized carbons (Fsp3) is 0.205. The van der Waals surface area contributed by atoms with E-state index in [9.17, 15) is 0 Å². The molecule has 47 heavy (non-hydrogen) atoms. The number of furan rings is 1. The van der Waals surface area contributed by atoms with Gasteiger partial charge >= 0.3 is 182 Å². The molecule has 232 valence electrons. The van der Waals surface area contributed by atoms with Crippen molar-refractivity contribution in [2.24, 2.45) is 0 Å². The maximum absolute atomic E-state index is 8.47. The van der Waals surface area contributed by atoms with Gasteiger partial charge in [0.2, 0.25) is 0 Å². The van der Waals surface area contributed by atoms with Gasteiger partial charge in [-0.05, 0) is 53.5 Å². The van der Waals surface area contributed by atoms with Crippen LogP contribution in [0.4, 0.5) is 0 Å². The van der Waals surface area contributed by atoms with Crippen LogP contribution in [0.5, 0.6) is 0 Å². The molecule has 0 N–H and O–H groups in total. The summed E-state index contributed by atoms with van der Waals surface area (Å²) < 4.78 is 58.5. The Morgan fingerprint density at radius 3 is 1.96 bits per heavy atom. The molecule has 0 radical (unpaired) electrons. The molecule has 7 aromatic rings. The molecule has 0 unspecified atom stereocenters. The number of aromatic nitrogens is 1. The average molecular weight is 678 g/mol. The number of fused-ring (bicyclic) bond motifs is 3. The van der Waals surface area contributed by atoms with E-state index in [1.54, 1.807) is 18.2 Å². The van der Waals surface area contributed by atoms with E-state index in [0.29, 0.717) is 28.0 Å². The van der Waals surface area contributed by atoms with E-state index in [0.717, 1.165) is 52.0 Å². The van der Waals surface area contributed by atoms with E-state index in [2.05, 4.69) is 77.9 Å². The van der Waals surface area contributed by atoms with Crippen LogP contribution >= 0.6 is 0 Å². The van der Waals surface area contributed by atoms with E-state index in [4.69, 9.17) is 17.6 Å². The van der Waals surface area contributed by atoms with Gasteiger partial charge in [-0.15, -0.1) is 0 Å².